The van der Waals surface area contributed by atoms with Crippen molar-refractivity contribution in [2.75, 3.05) is 27.3 Å². The summed E-state index contributed by atoms with van der Waals surface area (Å²) in [5.41, 5.74) is 5.50. The summed E-state index contributed by atoms with van der Waals surface area (Å²) in [5.74, 6) is 1.98. The standard InChI is InChI=1S/C29H27FN4O2/c1-35-25-11-5-21(6-12-25)27-28(22-7-13-26(36-2)14-8-22)32-33-29(31-27)23-15-17-34(18-16-23)19-20-3-9-24(30)10-4-20/h3-15H,16-19H2,1-2H3. The summed E-state index contributed by atoms with van der Waals surface area (Å²) in [6, 6.07) is 22.2. The first-order valence-electron chi connectivity index (χ1n) is 11.8. The van der Waals surface area contributed by atoms with Crippen LogP contribution in [0.1, 0.15) is 17.8 Å². The molecule has 0 unspecified atom stereocenters. The number of methoxy groups -OCH3 is 2. The van der Waals surface area contributed by atoms with Crippen molar-refractivity contribution in [2.24, 2.45) is 0 Å². The normalized spacial score (nSPS) is 13.8. The number of aromatic nitrogens is 3. The highest BCUT2D eigenvalue weighted by Gasteiger charge is 2.19. The van der Waals surface area contributed by atoms with Gasteiger partial charge in [-0.1, -0.05) is 18.2 Å². The molecule has 0 saturated heterocycles. The van der Waals surface area contributed by atoms with Crippen LogP contribution in [0.5, 0.6) is 11.5 Å². The zero-order valence-corrected chi connectivity index (χ0v) is 20.3. The molecule has 6 nitrogen and oxygen atoms in total. The van der Waals surface area contributed by atoms with E-state index in [2.05, 4.69) is 21.2 Å². The maximum atomic E-state index is 13.2. The quantitative estimate of drug-likeness (QED) is 0.339. The van der Waals surface area contributed by atoms with Crippen molar-refractivity contribution in [3.63, 3.8) is 0 Å². The van der Waals surface area contributed by atoms with Gasteiger partial charge in [-0.05, 0) is 78.2 Å². The van der Waals surface area contributed by atoms with Gasteiger partial charge < -0.3 is 9.47 Å². The highest BCUT2D eigenvalue weighted by molar-refractivity contribution is 5.79. The largest absolute Gasteiger partial charge is 0.497 e. The van der Waals surface area contributed by atoms with Crippen LogP contribution in [-0.4, -0.2) is 47.4 Å². The second-order valence-corrected chi connectivity index (χ2v) is 8.63. The van der Waals surface area contributed by atoms with Crippen LogP contribution >= 0.6 is 0 Å². The SMILES string of the molecule is COc1ccc(-c2nnc(C3=CCN(Cc4ccc(F)cc4)CC3)nc2-c2ccc(OC)cc2)cc1. The molecule has 1 aliphatic rings. The molecule has 0 N–H and O–H groups in total. The Bertz CT molecular complexity index is 1350. The monoisotopic (exact) mass is 482 g/mol. The predicted octanol–water partition coefficient (Wildman–Crippen LogP) is 5.65. The van der Waals surface area contributed by atoms with E-state index >= 15 is 0 Å². The van der Waals surface area contributed by atoms with Crippen molar-refractivity contribution in [1.82, 2.24) is 20.1 Å². The van der Waals surface area contributed by atoms with E-state index in [1.165, 1.54) is 12.1 Å². The van der Waals surface area contributed by atoms with E-state index < -0.39 is 0 Å². The number of rotatable bonds is 7. The van der Waals surface area contributed by atoms with E-state index in [9.17, 15) is 4.39 Å². The Morgan fingerprint density at radius 2 is 1.39 bits per heavy atom. The number of benzene rings is 3. The van der Waals surface area contributed by atoms with Gasteiger partial charge in [0.05, 0.1) is 14.2 Å². The fraction of sp³-hybridized carbons (Fsp3) is 0.207. The fourth-order valence-corrected chi connectivity index (χ4v) is 4.26. The van der Waals surface area contributed by atoms with Crippen molar-refractivity contribution in [3.05, 3.63) is 96.1 Å². The molecule has 1 aromatic heterocycles. The fourth-order valence-electron chi connectivity index (χ4n) is 4.26. The molecule has 182 valence electrons. The minimum absolute atomic E-state index is 0.213. The molecule has 1 aliphatic heterocycles. The lowest BCUT2D eigenvalue weighted by Crippen LogP contribution is -2.28. The van der Waals surface area contributed by atoms with Crippen LogP contribution in [0.15, 0.2) is 78.9 Å². The van der Waals surface area contributed by atoms with Crippen LogP contribution in [0.25, 0.3) is 28.1 Å². The van der Waals surface area contributed by atoms with Crippen molar-refractivity contribution in [1.29, 1.82) is 0 Å². The molecular weight excluding hydrogens is 455 g/mol. The molecule has 3 aromatic carbocycles. The number of ether oxygens (including phenoxy) is 2. The van der Waals surface area contributed by atoms with Gasteiger partial charge in [-0.15, -0.1) is 10.2 Å². The minimum atomic E-state index is -0.213. The second-order valence-electron chi connectivity index (χ2n) is 8.63. The van der Waals surface area contributed by atoms with Gasteiger partial charge in [0, 0.05) is 30.8 Å². The Morgan fingerprint density at radius 3 is 1.94 bits per heavy atom. The molecule has 4 aromatic rings. The summed E-state index contributed by atoms with van der Waals surface area (Å²) in [7, 11) is 3.30. The third-order valence-corrected chi connectivity index (χ3v) is 6.31. The number of hydrogen-bond donors (Lipinski definition) is 0. The van der Waals surface area contributed by atoms with E-state index in [0.29, 0.717) is 11.5 Å². The lowest BCUT2D eigenvalue weighted by molar-refractivity contribution is 0.293. The molecule has 2 heterocycles. The highest BCUT2D eigenvalue weighted by Crippen LogP contribution is 2.32. The predicted molar refractivity (Wildman–Crippen MR) is 138 cm³/mol. The van der Waals surface area contributed by atoms with Crippen molar-refractivity contribution in [2.45, 2.75) is 13.0 Å². The van der Waals surface area contributed by atoms with Crippen LogP contribution in [0, 0.1) is 5.82 Å². The number of halogens is 1. The lowest BCUT2D eigenvalue weighted by atomic mass is 10.0. The average molecular weight is 483 g/mol. The maximum Gasteiger partial charge on any atom is 0.178 e. The summed E-state index contributed by atoms with van der Waals surface area (Å²) in [4.78, 5) is 7.31. The lowest BCUT2D eigenvalue weighted by Gasteiger charge is -2.26. The molecule has 5 rings (SSSR count). The summed E-state index contributed by atoms with van der Waals surface area (Å²) in [6.07, 6.45) is 2.97. The van der Waals surface area contributed by atoms with E-state index in [4.69, 9.17) is 14.5 Å². The van der Waals surface area contributed by atoms with E-state index in [1.807, 2.05) is 60.7 Å². The third-order valence-electron chi connectivity index (χ3n) is 6.31. The zero-order chi connectivity index (χ0) is 24.9. The molecule has 7 heteroatoms. The van der Waals surface area contributed by atoms with Gasteiger partial charge in [-0.2, -0.15) is 0 Å². The van der Waals surface area contributed by atoms with Crippen molar-refractivity contribution >= 4 is 5.57 Å². The molecule has 0 radical (unpaired) electrons. The van der Waals surface area contributed by atoms with Crippen LogP contribution in [0.2, 0.25) is 0 Å². The van der Waals surface area contributed by atoms with Gasteiger partial charge in [0.1, 0.15) is 28.7 Å². The van der Waals surface area contributed by atoms with Gasteiger partial charge in [-0.3, -0.25) is 4.90 Å². The molecule has 0 spiro atoms. The van der Waals surface area contributed by atoms with Crippen molar-refractivity contribution in [3.8, 4) is 34.0 Å². The molecule has 0 saturated carbocycles. The van der Waals surface area contributed by atoms with Gasteiger partial charge in [-0.25, -0.2) is 9.37 Å². The number of nitrogens with zero attached hydrogens (tertiary/aromatic N) is 4. The minimum Gasteiger partial charge on any atom is -0.497 e. The Kier molecular flexibility index (Phi) is 7.00. The molecule has 0 fully saturated rings. The number of hydrogen-bond acceptors (Lipinski definition) is 6. The molecule has 0 atom stereocenters. The van der Waals surface area contributed by atoms with Gasteiger partial charge in [0.15, 0.2) is 5.82 Å². The molecule has 0 amide bonds. The maximum absolute atomic E-state index is 13.2. The first kappa shape index (κ1) is 23.6. The van der Waals surface area contributed by atoms with E-state index in [-0.39, 0.29) is 5.82 Å². The van der Waals surface area contributed by atoms with Crippen LogP contribution in [-0.2, 0) is 6.54 Å². The Balaban J connectivity index is 1.44. The first-order valence-corrected chi connectivity index (χ1v) is 11.8. The average Bonchev–Trinajstić information content (AvgIpc) is 2.94. The topological polar surface area (TPSA) is 60.4 Å². The smallest absolute Gasteiger partial charge is 0.178 e. The first-order chi connectivity index (χ1) is 17.6. The molecule has 0 bridgehead atoms. The van der Waals surface area contributed by atoms with Crippen LogP contribution in [0.3, 0.4) is 0 Å². The Hall–Kier alpha value is -4.10. The summed E-state index contributed by atoms with van der Waals surface area (Å²) >= 11 is 0. The summed E-state index contributed by atoms with van der Waals surface area (Å²) < 4.78 is 23.8. The molecule has 0 aliphatic carbocycles. The van der Waals surface area contributed by atoms with Crippen LogP contribution in [0.4, 0.5) is 4.39 Å². The van der Waals surface area contributed by atoms with Crippen molar-refractivity contribution < 1.29 is 13.9 Å². The molecular formula is C29H27FN4O2. The van der Waals surface area contributed by atoms with Gasteiger partial charge >= 0.3 is 0 Å². The Morgan fingerprint density at radius 1 is 0.778 bits per heavy atom. The molecule has 36 heavy (non-hydrogen) atoms. The van der Waals surface area contributed by atoms with Gasteiger partial charge in [0.25, 0.3) is 0 Å². The van der Waals surface area contributed by atoms with Gasteiger partial charge in [0.2, 0.25) is 0 Å². The third kappa shape index (κ3) is 5.26. The summed E-state index contributed by atoms with van der Waals surface area (Å²) in [5, 5.41) is 9.13. The van der Waals surface area contributed by atoms with E-state index in [1.54, 1.807) is 14.2 Å². The Labute approximate surface area is 210 Å². The van der Waals surface area contributed by atoms with Crippen LogP contribution < -0.4 is 9.47 Å². The highest BCUT2D eigenvalue weighted by atomic mass is 19.1. The zero-order valence-electron chi connectivity index (χ0n) is 20.3. The second kappa shape index (κ2) is 10.7. The summed E-state index contributed by atoms with van der Waals surface area (Å²) in [6.45, 7) is 2.41. The van der Waals surface area contributed by atoms with E-state index in [0.717, 1.165) is 65.5 Å².